The van der Waals surface area contributed by atoms with E-state index in [2.05, 4.69) is 20.8 Å². The van der Waals surface area contributed by atoms with E-state index in [1.54, 1.807) is 0 Å². The van der Waals surface area contributed by atoms with Crippen LogP contribution in [0, 0.1) is 0 Å². The van der Waals surface area contributed by atoms with Gasteiger partial charge in [-0.15, -0.1) is 5.10 Å². The topological polar surface area (TPSA) is 158 Å². The second kappa shape index (κ2) is 11.4. The number of amides is 2. The number of carboxylic acid groups (broad SMARTS) is 1. The largest absolute Gasteiger partial charge is 0.477 e. The number of aliphatic carboxylic acids is 1. The van der Waals surface area contributed by atoms with Gasteiger partial charge in [0.25, 0.3) is 17.4 Å². The van der Waals surface area contributed by atoms with Gasteiger partial charge >= 0.3 is 5.97 Å². The number of halogens is 2. The van der Waals surface area contributed by atoms with E-state index in [4.69, 9.17) is 14.2 Å². The Hall–Kier alpha value is -2.34. The predicted molar refractivity (Wildman–Crippen MR) is 113 cm³/mol. The minimum Gasteiger partial charge on any atom is -0.477 e. The molecule has 0 saturated carbocycles. The highest BCUT2D eigenvalue weighted by Gasteiger charge is 2.67. The number of carboxylic acids is 1. The zero-order valence-electron chi connectivity index (χ0n) is 18.1. The molecule has 2 atom stereocenters. The van der Waals surface area contributed by atoms with Crippen LogP contribution in [-0.4, -0.2) is 104 Å². The van der Waals surface area contributed by atoms with E-state index in [0.717, 1.165) is 23.8 Å². The van der Waals surface area contributed by atoms with Gasteiger partial charge in [-0.05, 0) is 22.9 Å². The third kappa shape index (κ3) is 5.32. The summed E-state index contributed by atoms with van der Waals surface area (Å²) < 4.78 is 42.3. The molecule has 34 heavy (non-hydrogen) atoms. The molecule has 188 valence electrons. The number of alkyl halides is 2. The Labute approximate surface area is 200 Å². The highest BCUT2D eigenvalue weighted by molar-refractivity contribution is 8.00. The van der Waals surface area contributed by atoms with Gasteiger partial charge in [0.15, 0.2) is 6.23 Å². The van der Waals surface area contributed by atoms with Crippen molar-refractivity contribution in [1.82, 2.24) is 30.4 Å². The lowest BCUT2D eigenvalue weighted by Crippen LogP contribution is -2.82. The molecule has 1 aromatic rings. The van der Waals surface area contributed by atoms with Gasteiger partial charge in [-0.2, -0.15) is 8.78 Å². The minimum absolute atomic E-state index is 0.0751. The zero-order chi connectivity index (χ0) is 24.9. The van der Waals surface area contributed by atoms with Crippen LogP contribution < -0.4 is 5.32 Å². The number of hydrogen-bond donors (Lipinski definition) is 2. The lowest BCUT2D eigenvalue weighted by atomic mass is 9.94. The van der Waals surface area contributed by atoms with Crippen LogP contribution in [0.25, 0.3) is 0 Å². The first-order valence-corrected chi connectivity index (χ1v) is 11.9. The average Bonchev–Trinajstić information content (AvgIpc) is 3.26. The van der Waals surface area contributed by atoms with Gasteiger partial charge in [0, 0.05) is 19.5 Å². The first-order chi connectivity index (χ1) is 16.2. The fraction of sp³-hybridized carbons (Fsp3) is 0.647. The summed E-state index contributed by atoms with van der Waals surface area (Å²) in [6, 6.07) is 0. The molecule has 0 radical (unpaired) electrons. The second-order valence-corrected chi connectivity index (χ2v) is 8.75. The predicted octanol–water partition coefficient (Wildman–Crippen LogP) is -0.246. The number of ether oxygens (including phenoxy) is 3. The van der Waals surface area contributed by atoms with Crippen molar-refractivity contribution >= 4 is 41.3 Å². The molecule has 3 rings (SSSR count). The van der Waals surface area contributed by atoms with E-state index in [1.807, 2.05) is 6.92 Å². The number of methoxy groups -OCH3 is 1. The second-order valence-electron chi connectivity index (χ2n) is 6.83. The van der Waals surface area contributed by atoms with Crippen molar-refractivity contribution in [3.63, 3.8) is 0 Å². The van der Waals surface area contributed by atoms with Crippen molar-refractivity contribution in [1.29, 1.82) is 0 Å². The third-order valence-electron chi connectivity index (χ3n) is 4.83. The molecule has 0 bridgehead atoms. The Balaban J connectivity index is 1.73. The Bertz CT molecular complexity index is 965. The number of β-lactam (4-membered cyclic amide) rings is 1. The molecular weight excluding hydrogens is 502 g/mol. The summed E-state index contributed by atoms with van der Waals surface area (Å²) in [5.74, 6) is -6.45. The summed E-state index contributed by atoms with van der Waals surface area (Å²) in [6.45, 7) is 3.00. The van der Waals surface area contributed by atoms with Crippen LogP contribution in [-0.2, 0) is 35.1 Å². The maximum Gasteiger partial charge on any atom is 0.352 e. The highest BCUT2D eigenvalue weighted by Crippen LogP contribution is 2.41. The lowest BCUT2D eigenvalue weighted by Gasteiger charge is -2.55. The zero-order valence-corrected chi connectivity index (χ0v) is 19.7. The summed E-state index contributed by atoms with van der Waals surface area (Å²) in [5, 5.41) is 23.8. The number of rotatable bonds is 13. The molecule has 1 saturated heterocycles. The third-order valence-corrected chi connectivity index (χ3v) is 6.55. The number of nitrogens with zero attached hydrogens (tertiary/aromatic N) is 5. The standard InChI is InChI=1S/C17H22F2N6O7S2/c1-3-31-5-4-24-16(21-22-23-24)34-7-9-6-32-14-17(30-2,20-10(26)8-33-15(18)19)13(29)25(14)11(9)12(27)28/h14-15H,3-8H2,1-2H3,(H,20,26)(H,27,28)/t14-,17+/m1/s1. The van der Waals surface area contributed by atoms with Crippen molar-refractivity contribution in [3.8, 4) is 0 Å². The normalized spacial score (nSPS) is 22.1. The average molecular weight is 525 g/mol. The molecule has 2 aliphatic heterocycles. The van der Waals surface area contributed by atoms with Crippen LogP contribution in [0.5, 0.6) is 0 Å². The van der Waals surface area contributed by atoms with Crippen molar-refractivity contribution in [2.45, 2.75) is 36.3 Å². The van der Waals surface area contributed by atoms with E-state index >= 15 is 0 Å². The molecule has 13 nitrogen and oxygen atoms in total. The van der Waals surface area contributed by atoms with Crippen LogP contribution >= 0.6 is 23.5 Å². The minimum atomic E-state index is -2.77. The molecule has 17 heteroatoms. The molecular formula is C17H22F2N6O7S2. The molecule has 1 fully saturated rings. The van der Waals surface area contributed by atoms with Crippen molar-refractivity contribution in [2.75, 3.05) is 38.4 Å². The van der Waals surface area contributed by atoms with Gasteiger partial charge in [-0.3, -0.25) is 14.5 Å². The highest BCUT2D eigenvalue weighted by atomic mass is 32.2. The van der Waals surface area contributed by atoms with Crippen molar-refractivity contribution in [3.05, 3.63) is 11.3 Å². The van der Waals surface area contributed by atoms with Gasteiger partial charge in [-0.25, -0.2) is 9.48 Å². The van der Waals surface area contributed by atoms with E-state index in [0.29, 0.717) is 24.9 Å². The summed E-state index contributed by atoms with van der Waals surface area (Å²) in [5.41, 5.74) is -2.04. The fourth-order valence-corrected chi connectivity index (χ4v) is 4.57. The smallest absolute Gasteiger partial charge is 0.352 e. The van der Waals surface area contributed by atoms with Crippen LogP contribution in [0.15, 0.2) is 16.4 Å². The molecule has 3 heterocycles. The van der Waals surface area contributed by atoms with E-state index in [9.17, 15) is 28.3 Å². The Morgan fingerprint density at radius 1 is 1.44 bits per heavy atom. The van der Waals surface area contributed by atoms with Crippen molar-refractivity contribution in [2.24, 2.45) is 0 Å². The first kappa shape index (κ1) is 26.3. The SMILES string of the molecule is CCOCCn1nnnc1SCC1=C(C(=O)O)N2C(=O)[C@](NC(=O)CSC(F)F)(OC)[C@H]2OC1. The maximum atomic E-state index is 12.9. The molecule has 2 amide bonds. The van der Waals surface area contributed by atoms with Crippen LogP contribution in [0.3, 0.4) is 0 Å². The van der Waals surface area contributed by atoms with E-state index in [1.165, 1.54) is 4.68 Å². The number of carbonyl (C=O) groups excluding carboxylic acids is 2. The van der Waals surface area contributed by atoms with Gasteiger partial charge in [0.05, 0.1) is 25.5 Å². The Kier molecular flexibility index (Phi) is 8.80. The number of carbonyl (C=O) groups is 3. The summed E-state index contributed by atoms with van der Waals surface area (Å²) in [4.78, 5) is 37.8. The number of fused-ring (bicyclic) bond motifs is 1. The van der Waals surface area contributed by atoms with Gasteiger partial charge in [0.1, 0.15) is 5.70 Å². The first-order valence-electron chi connectivity index (χ1n) is 9.88. The fourth-order valence-electron chi connectivity index (χ4n) is 3.32. The molecule has 0 aliphatic carbocycles. The molecule has 2 N–H and O–H groups in total. The summed E-state index contributed by atoms with van der Waals surface area (Å²) in [7, 11) is 1.12. The Morgan fingerprint density at radius 2 is 2.21 bits per heavy atom. The van der Waals surface area contributed by atoms with E-state index < -0.39 is 41.2 Å². The number of thioether (sulfide) groups is 2. The van der Waals surface area contributed by atoms with Crippen LogP contribution in [0.2, 0.25) is 0 Å². The maximum absolute atomic E-state index is 12.9. The van der Waals surface area contributed by atoms with Crippen LogP contribution in [0.4, 0.5) is 8.78 Å². The van der Waals surface area contributed by atoms with Gasteiger partial charge in [-0.1, -0.05) is 23.5 Å². The number of aromatic nitrogens is 4. The molecule has 0 aromatic carbocycles. The Morgan fingerprint density at radius 3 is 2.85 bits per heavy atom. The van der Waals surface area contributed by atoms with Crippen molar-refractivity contribution < 1.29 is 42.5 Å². The molecule has 0 spiro atoms. The number of nitrogens with one attached hydrogen (secondary N) is 1. The quantitative estimate of drug-likeness (QED) is 0.151. The van der Waals surface area contributed by atoms with Gasteiger partial charge < -0.3 is 24.6 Å². The number of tetrazole rings is 1. The molecule has 2 aliphatic rings. The van der Waals surface area contributed by atoms with Gasteiger partial charge in [0.2, 0.25) is 11.1 Å². The summed E-state index contributed by atoms with van der Waals surface area (Å²) in [6.07, 6.45) is -1.28. The van der Waals surface area contributed by atoms with E-state index in [-0.39, 0.29) is 35.4 Å². The molecule has 0 unspecified atom stereocenters. The molecule has 1 aromatic heterocycles. The monoisotopic (exact) mass is 524 g/mol. The van der Waals surface area contributed by atoms with Crippen LogP contribution in [0.1, 0.15) is 6.92 Å². The summed E-state index contributed by atoms with van der Waals surface area (Å²) >= 11 is 1.23. The number of hydrogen-bond acceptors (Lipinski definition) is 11. The lowest BCUT2D eigenvalue weighted by molar-refractivity contribution is -0.257.